The molecule has 5 heteroatoms. The summed E-state index contributed by atoms with van der Waals surface area (Å²) in [5, 5.41) is 5.92. The minimum atomic E-state index is -0.603. The molecule has 108 valence electrons. The van der Waals surface area contributed by atoms with E-state index in [4.69, 9.17) is 4.74 Å². The van der Waals surface area contributed by atoms with Gasteiger partial charge in [-0.15, -0.1) is 0 Å². The molecule has 1 aliphatic heterocycles. The van der Waals surface area contributed by atoms with Gasteiger partial charge in [0, 0.05) is 29.6 Å². The van der Waals surface area contributed by atoms with E-state index in [1.807, 2.05) is 24.3 Å². The average Bonchev–Trinajstić information content (AvgIpc) is 2.77. The van der Waals surface area contributed by atoms with Gasteiger partial charge in [-0.05, 0) is 24.3 Å². The number of rotatable bonds is 4. The van der Waals surface area contributed by atoms with Crippen molar-refractivity contribution in [3.05, 3.63) is 59.4 Å². The predicted molar refractivity (Wildman–Crippen MR) is 78.5 cm³/mol. The molecule has 3 rings (SSSR count). The Labute approximate surface area is 121 Å². The van der Waals surface area contributed by atoms with Gasteiger partial charge >= 0.3 is 0 Å². The number of methoxy groups -OCH3 is 1. The fourth-order valence-electron chi connectivity index (χ4n) is 2.47. The number of amides is 1. The number of nitrogens with one attached hydrogen (secondary N) is 2. The number of ether oxygens (including phenoxy) is 1. The largest absolute Gasteiger partial charge is 0.380 e. The van der Waals surface area contributed by atoms with E-state index < -0.39 is 6.04 Å². The normalized spacial score (nSPS) is 16.5. The highest BCUT2D eigenvalue weighted by atomic mass is 19.1. The number of hydrogen-bond donors (Lipinski definition) is 2. The van der Waals surface area contributed by atoms with Gasteiger partial charge in [0.2, 0.25) is 0 Å². The molecule has 1 unspecified atom stereocenters. The lowest BCUT2D eigenvalue weighted by Crippen LogP contribution is -2.20. The van der Waals surface area contributed by atoms with Crippen LogP contribution >= 0.6 is 0 Å². The zero-order valence-electron chi connectivity index (χ0n) is 11.5. The Balaban J connectivity index is 1.93. The number of para-hydroxylation sites is 1. The SMILES string of the molecule is COCc1ccccc1NC1C(=O)Nc2ccc(F)cc21. The second kappa shape index (κ2) is 5.54. The van der Waals surface area contributed by atoms with Crippen LogP contribution in [0.25, 0.3) is 0 Å². The molecular formula is C16H15FN2O2. The summed E-state index contributed by atoms with van der Waals surface area (Å²) in [7, 11) is 1.61. The second-order valence-corrected chi connectivity index (χ2v) is 4.89. The first kappa shape index (κ1) is 13.6. The van der Waals surface area contributed by atoms with Gasteiger partial charge in [-0.2, -0.15) is 0 Å². The lowest BCUT2D eigenvalue weighted by molar-refractivity contribution is -0.116. The minimum Gasteiger partial charge on any atom is -0.380 e. The van der Waals surface area contributed by atoms with E-state index in [0.29, 0.717) is 17.9 Å². The van der Waals surface area contributed by atoms with E-state index in [1.165, 1.54) is 12.1 Å². The summed E-state index contributed by atoms with van der Waals surface area (Å²) in [5.74, 6) is -0.551. The van der Waals surface area contributed by atoms with Gasteiger partial charge in [-0.25, -0.2) is 4.39 Å². The number of carbonyl (C=O) groups is 1. The molecule has 2 aromatic rings. The van der Waals surface area contributed by atoms with E-state index in [-0.39, 0.29) is 11.7 Å². The average molecular weight is 286 g/mol. The van der Waals surface area contributed by atoms with Gasteiger partial charge < -0.3 is 15.4 Å². The molecule has 0 saturated carbocycles. The molecule has 0 saturated heterocycles. The van der Waals surface area contributed by atoms with Gasteiger partial charge in [0.25, 0.3) is 5.91 Å². The van der Waals surface area contributed by atoms with Crippen molar-refractivity contribution in [1.29, 1.82) is 0 Å². The maximum atomic E-state index is 13.4. The van der Waals surface area contributed by atoms with Crippen molar-refractivity contribution >= 4 is 17.3 Å². The van der Waals surface area contributed by atoms with Crippen molar-refractivity contribution in [2.45, 2.75) is 12.6 Å². The molecular weight excluding hydrogens is 271 g/mol. The van der Waals surface area contributed by atoms with Gasteiger partial charge in [0.1, 0.15) is 11.9 Å². The Morgan fingerprint density at radius 1 is 1.29 bits per heavy atom. The smallest absolute Gasteiger partial charge is 0.251 e. The Morgan fingerprint density at radius 3 is 2.90 bits per heavy atom. The molecule has 0 radical (unpaired) electrons. The van der Waals surface area contributed by atoms with Gasteiger partial charge in [0.05, 0.1) is 6.61 Å². The molecule has 1 atom stereocenters. The van der Waals surface area contributed by atoms with Crippen LogP contribution in [0.2, 0.25) is 0 Å². The Kier molecular flexibility index (Phi) is 3.58. The first-order valence-electron chi connectivity index (χ1n) is 6.62. The Hall–Kier alpha value is -2.40. The molecule has 1 amide bonds. The maximum absolute atomic E-state index is 13.4. The number of anilines is 2. The third-order valence-electron chi connectivity index (χ3n) is 3.46. The maximum Gasteiger partial charge on any atom is 0.251 e. The van der Waals surface area contributed by atoms with Crippen LogP contribution in [0.4, 0.5) is 15.8 Å². The summed E-state index contributed by atoms with van der Waals surface area (Å²) in [6, 6.07) is 11.3. The number of hydrogen-bond acceptors (Lipinski definition) is 3. The molecule has 21 heavy (non-hydrogen) atoms. The molecule has 0 fully saturated rings. The molecule has 1 heterocycles. The van der Waals surface area contributed by atoms with E-state index in [2.05, 4.69) is 10.6 Å². The van der Waals surface area contributed by atoms with Gasteiger partial charge in [0.15, 0.2) is 0 Å². The van der Waals surface area contributed by atoms with Crippen molar-refractivity contribution in [2.24, 2.45) is 0 Å². The predicted octanol–water partition coefficient (Wildman–Crippen LogP) is 3.08. The Morgan fingerprint density at radius 2 is 2.10 bits per heavy atom. The first-order chi connectivity index (χ1) is 10.2. The highest BCUT2D eigenvalue weighted by Crippen LogP contribution is 2.34. The van der Waals surface area contributed by atoms with Crippen LogP contribution in [-0.4, -0.2) is 13.0 Å². The lowest BCUT2D eigenvalue weighted by Gasteiger charge is -2.16. The van der Waals surface area contributed by atoms with Crippen LogP contribution in [0.5, 0.6) is 0 Å². The second-order valence-electron chi connectivity index (χ2n) is 4.89. The molecule has 0 aliphatic carbocycles. The van der Waals surface area contributed by atoms with Gasteiger partial charge in [-0.3, -0.25) is 4.79 Å². The van der Waals surface area contributed by atoms with Crippen LogP contribution < -0.4 is 10.6 Å². The summed E-state index contributed by atoms with van der Waals surface area (Å²) < 4.78 is 18.6. The zero-order chi connectivity index (χ0) is 14.8. The number of benzene rings is 2. The van der Waals surface area contributed by atoms with Crippen molar-refractivity contribution in [1.82, 2.24) is 0 Å². The van der Waals surface area contributed by atoms with E-state index in [1.54, 1.807) is 13.2 Å². The number of halogens is 1. The quantitative estimate of drug-likeness (QED) is 0.908. The molecule has 0 spiro atoms. The third kappa shape index (κ3) is 2.60. The highest BCUT2D eigenvalue weighted by Gasteiger charge is 2.31. The molecule has 4 nitrogen and oxygen atoms in total. The van der Waals surface area contributed by atoms with Crippen LogP contribution in [0, 0.1) is 5.82 Å². The fourth-order valence-corrected chi connectivity index (χ4v) is 2.47. The summed E-state index contributed by atoms with van der Waals surface area (Å²) in [4.78, 5) is 12.1. The number of carbonyl (C=O) groups excluding carboxylic acids is 1. The zero-order valence-corrected chi connectivity index (χ0v) is 11.5. The fraction of sp³-hybridized carbons (Fsp3) is 0.188. The standard InChI is InChI=1S/C16H15FN2O2/c1-21-9-10-4-2-3-5-13(10)18-15-12-8-11(17)6-7-14(12)19-16(15)20/h2-8,15,18H,9H2,1H3,(H,19,20). The summed E-state index contributed by atoms with van der Waals surface area (Å²) in [6.45, 7) is 0.438. The summed E-state index contributed by atoms with van der Waals surface area (Å²) in [5.41, 5.74) is 3.00. The Bertz CT molecular complexity index is 688. The summed E-state index contributed by atoms with van der Waals surface area (Å²) >= 11 is 0. The van der Waals surface area contributed by atoms with Crippen LogP contribution in [0.3, 0.4) is 0 Å². The molecule has 2 aromatic carbocycles. The molecule has 1 aliphatic rings. The van der Waals surface area contributed by atoms with Crippen molar-refractivity contribution in [3.8, 4) is 0 Å². The van der Waals surface area contributed by atoms with Gasteiger partial charge in [-0.1, -0.05) is 18.2 Å². The van der Waals surface area contributed by atoms with Crippen molar-refractivity contribution in [3.63, 3.8) is 0 Å². The van der Waals surface area contributed by atoms with Crippen molar-refractivity contribution in [2.75, 3.05) is 17.7 Å². The summed E-state index contributed by atoms with van der Waals surface area (Å²) in [6.07, 6.45) is 0. The minimum absolute atomic E-state index is 0.192. The topological polar surface area (TPSA) is 50.4 Å². The first-order valence-corrected chi connectivity index (χ1v) is 6.62. The molecule has 0 aromatic heterocycles. The number of fused-ring (bicyclic) bond motifs is 1. The van der Waals surface area contributed by atoms with Crippen LogP contribution in [-0.2, 0) is 16.1 Å². The highest BCUT2D eigenvalue weighted by molar-refractivity contribution is 6.04. The van der Waals surface area contributed by atoms with E-state index in [9.17, 15) is 9.18 Å². The van der Waals surface area contributed by atoms with E-state index >= 15 is 0 Å². The van der Waals surface area contributed by atoms with Crippen LogP contribution in [0.15, 0.2) is 42.5 Å². The van der Waals surface area contributed by atoms with E-state index in [0.717, 1.165) is 11.3 Å². The molecule has 2 N–H and O–H groups in total. The third-order valence-corrected chi connectivity index (χ3v) is 3.46. The monoisotopic (exact) mass is 286 g/mol. The lowest BCUT2D eigenvalue weighted by atomic mass is 10.1. The molecule has 0 bridgehead atoms. The van der Waals surface area contributed by atoms with Crippen molar-refractivity contribution < 1.29 is 13.9 Å². The van der Waals surface area contributed by atoms with Crippen LogP contribution in [0.1, 0.15) is 17.2 Å².